The Morgan fingerprint density at radius 1 is 1.08 bits per heavy atom. The number of nitro benzene ring substituents is 1. The lowest BCUT2D eigenvalue weighted by atomic mass is 9.87. The highest BCUT2D eigenvalue weighted by Crippen LogP contribution is 2.26. The van der Waals surface area contributed by atoms with Gasteiger partial charge in [0.2, 0.25) is 5.89 Å². The molecule has 0 fully saturated rings. The van der Waals surface area contributed by atoms with Crippen molar-refractivity contribution in [1.82, 2.24) is 4.98 Å². The second-order valence-electron chi connectivity index (χ2n) is 6.59. The van der Waals surface area contributed by atoms with Crippen LogP contribution in [-0.2, 0) is 5.41 Å². The van der Waals surface area contributed by atoms with Gasteiger partial charge in [-0.3, -0.25) is 10.1 Å². The predicted octanol–water partition coefficient (Wildman–Crippen LogP) is 4.06. The molecule has 0 radical (unpaired) electrons. The van der Waals surface area contributed by atoms with Crippen LogP contribution in [0, 0.1) is 10.1 Å². The average Bonchev–Trinajstić information content (AvgIpc) is 2.53. The summed E-state index contributed by atoms with van der Waals surface area (Å²) in [5, 5.41) is 11.1. The highest BCUT2D eigenvalue weighted by Gasteiger charge is 2.15. The monoisotopic (exact) mass is 324 g/mol. The van der Waals surface area contributed by atoms with E-state index in [1.54, 1.807) is 0 Å². The van der Waals surface area contributed by atoms with Gasteiger partial charge in [-0.15, -0.1) is 0 Å². The van der Waals surface area contributed by atoms with Crippen LogP contribution in [0.4, 0.5) is 5.69 Å². The molecule has 3 aromatic rings. The van der Waals surface area contributed by atoms with Crippen LogP contribution in [-0.4, -0.2) is 9.91 Å². The van der Waals surface area contributed by atoms with Gasteiger partial charge in [-0.25, -0.2) is 9.78 Å². The van der Waals surface area contributed by atoms with Gasteiger partial charge in [-0.1, -0.05) is 32.9 Å². The number of hydrogen-bond acceptors (Lipinski definition) is 5. The molecule has 1 aromatic heterocycles. The molecular formula is C18H16N2O4. The summed E-state index contributed by atoms with van der Waals surface area (Å²) >= 11 is 0. The van der Waals surface area contributed by atoms with Gasteiger partial charge in [0, 0.05) is 17.7 Å². The zero-order valence-electron chi connectivity index (χ0n) is 13.6. The van der Waals surface area contributed by atoms with E-state index in [9.17, 15) is 14.9 Å². The molecule has 6 nitrogen and oxygen atoms in total. The van der Waals surface area contributed by atoms with Crippen molar-refractivity contribution in [2.75, 3.05) is 0 Å². The first-order valence-electron chi connectivity index (χ1n) is 7.46. The average molecular weight is 324 g/mol. The number of rotatable bonds is 2. The van der Waals surface area contributed by atoms with Gasteiger partial charge in [0.15, 0.2) is 0 Å². The van der Waals surface area contributed by atoms with Crippen LogP contribution in [0.1, 0.15) is 26.3 Å². The fraction of sp³-hybridized carbons (Fsp3) is 0.222. The second-order valence-corrected chi connectivity index (χ2v) is 6.59. The molecule has 24 heavy (non-hydrogen) atoms. The van der Waals surface area contributed by atoms with Crippen LogP contribution >= 0.6 is 0 Å². The molecule has 2 aromatic carbocycles. The van der Waals surface area contributed by atoms with Gasteiger partial charge in [0.25, 0.3) is 5.69 Å². The Labute approximate surface area is 137 Å². The molecule has 0 saturated carbocycles. The largest absolute Gasteiger partial charge is 0.403 e. The maximum Gasteiger partial charge on any atom is 0.347 e. The quantitative estimate of drug-likeness (QED) is 0.524. The van der Waals surface area contributed by atoms with Crippen LogP contribution in [0.5, 0.6) is 0 Å². The molecule has 0 aliphatic carbocycles. The summed E-state index contributed by atoms with van der Waals surface area (Å²) in [7, 11) is 0. The van der Waals surface area contributed by atoms with Crippen molar-refractivity contribution in [2.24, 2.45) is 0 Å². The van der Waals surface area contributed by atoms with E-state index in [1.807, 2.05) is 24.3 Å². The molecule has 0 aliphatic rings. The number of hydrogen-bond donors (Lipinski definition) is 0. The third-order valence-corrected chi connectivity index (χ3v) is 3.82. The topological polar surface area (TPSA) is 86.2 Å². The molecule has 1 heterocycles. The van der Waals surface area contributed by atoms with E-state index < -0.39 is 10.5 Å². The highest BCUT2D eigenvalue weighted by atomic mass is 16.6. The van der Waals surface area contributed by atoms with Crippen molar-refractivity contribution in [3.8, 4) is 11.5 Å². The Morgan fingerprint density at radius 3 is 2.33 bits per heavy atom. The Morgan fingerprint density at radius 2 is 1.75 bits per heavy atom. The number of aromatic nitrogens is 1. The molecule has 0 amide bonds. The minimum atomic E-state index is -0.565. The van der Waals surface area contributed by atoms with Gasteiger partial charge in [0.1, 0.15) is 0 Å². The van der Waals surface area contributed by atoms with Crippen LogP contribution < -0.4 is 5.63 Å². The minimum Gasteiger partial charge on any atom is -0.403 e. The van der Waals surface area contributed by atoms with E-state index in [-0.39, 0.29) is 27.9 Å². The SMILES string of the molecule is CC(C)(C)c1ccc(-c2nc3cc([N+](=O)[O-])ccc3c(=O)o2)cc1. The fourth-order valence-electron chi connectivity index (χ4n) is 2.41. The molecule has 0 N–H and O–H groups in total. The lowest BCUT2D eigenvalue weighted by Crippen LogP contribution is -2.10. The van der Waals surface area contributed by atoms with Crippen LogP contribution in [0.25, 0.3) is 22.4 Å². The van der Waals surface area contributed by atoms with Crippen molar-refractivity contribution in [3.05, 3.63) is 68.6 Å². The van der Waals surface area contributed by atoms with Crippen molar-refractivity contribution < 1.29 is 9.34 Å². The molecule has 122 valence electrons. The third kappa shape index (κ3) is 2.90. The fourth-order valence-corrected chi connectivity index (χ4v) is 2.41. The number of benzene rings is 2. The Hall–Kier alpha value is -3.02. The molecule has 0 aliphatic heterocycles. The maximum absolute atomic E-state index is 12.1. The molecule has 0 atom stereocenters. The van der Waals surface area contributed by atoms with Crippen molar-refractivity contribution in [2.45, 2.75) is 26.2 Å². The van der Waals surface area contributed by atoms with E-state index in [4.69, 9.17) is 4.42 Å². The van der Waals surface area contributed by atoms with Crippen molar-refractivity contribution in [3.63, 3.8) is 0 Å². The molecule has 6 heteroatoms. The van der Waals surface area contributed by atoms with E-state index in [0.29, 0.717) is 5.56 Å². The summed E-state index contributed by atoms with van der Waals surface area (Å²) in [4.78, 5) is 26.7. The van der Waals surface area contributed by atoms with Gasteiger partial charge in [-0.05, 0) is 29.2 Å². The van der Waals surface area contributed by atoms with Gasteiger partial charge in [-0.2, -0.15) is 0 Å². The van der Waals surface area contributed by atoms with Crippen LogP contribution in [0.2, 0.25) is 0 Å². The molecule has 0 bridgehead atoms. The van der Waals surface area contributed by atoms with Gasteiger partial charge in [0.05, 0.1) is 15.8 Å². The summed E-state index contributed by atoms with van der Waals surface area (Å²) in [6.07, 6.45) is 0. The molecule has 0 saturated heterocycles. The van der Waals surface area contributed by atoms with Gasteiger partial charge < -0.3 is 4.42 Å². The normalized spacial score (nSPS) is 11.6. The van der Waals surface area contributed by atoms with E-state index in [0.717, 1.165) is 5.56 Å². The second kappa shape index (κ2) is 5.56. The molecule has 3 rings (SSSR count). The first kappa shape index (κ1) is 15.9. The number of non-ortho nitro benzene ring substituents is 1. The summed E-state index contributed by atoms with van der Waals surface area (Å²) in [5.74, 6) is 0.147. The summed E-state index contributed by atoms with van der Waals surface area (Å²) in [5.41, 5.74) is 1.37. The van der Waals surface area contributed by atoms with Crippen molar-refractivity contribution in [1.29, 1.82) is 0 Å². The van der Waals surface area contributed by atoms with Crippen molar-refractivity contribution >= 4 is 16.6 Å². The molecule has 0 spiro atoms. The Balaban J connectivity index is 2.12. The first-order chi connectivity index (χ1) is 11.3. The molecule has 0 unspecified atom stereocenters. The van der Waals surface area contributed by atoms with Crippen LogP contribution in [0.3, 0.4) is 0 Å². The lowest BCUT2D eigenvalue weighted by Gasteiger charge is -2.18. The Kier molecular flexibility index (Phi) is 3.67. The molecular weight excluding hydrogens is 308 g/mol. The predicted molar refractivity (Wildman–Crippen MR) is 91.1 cm³/mol. The number of nitrogens with zero attached hydrogens (tertiary/aromatic N) is 2. The van der Waals surface area contributed by atoms with E-state index in [1.165, 1.54) is 18.2 Å². The van der Waals surface area contributed by atoms with Gasteiger partial charge >= 0.3 is 5.63 Å². The first-order valence-corrected chi connectivity index (χ1v) is 7.46. The number of fused-ring (bicyclic) bond motifs is 1. The smallest absolute Gasteiger partial charge is 0.347 e. The standard InChI is InChI=1S/C18H16N2O4/c1-18(2,3)12-6-4-11(5-7-12)16-19-15-10-13(20(22)23)8-9-14(15)17(21)24-16/h4-10H,1-3H3. The van der Waals surface area contributed by atoms with E-state index in [2.05, 4.69) is 25.8 Å². The highest BCUT2D eigenvalue weighted by molar-refractivity contribution is 5.80. The van der Waals surface area contributed by atoms with Crippen LogP contribution in [0.15, 0.2) is 51.7 Å². The maximum atomic E-state index is 12.1. The lowest BCUT2D eigenvalue weighted by molar-refractivity contribution is -0.384. The summed E-state index contributed by atoms with van der Waals surface area (Å²) in [6, 6.07) is 11.5. The summed E-state index contributed by atoms with van der Waals surface area (Å²) in [6.45, 7) is 6.32. The number of nitro groups is 1. The van der Waals surface area contributed by atoms with E-state index >= 15 is 0 Å². The third-order valence-electron chi connectivity index (χ3n) is 3.82. The summed E-state index contributed by atoms with van der Waals surface area (Å²) < 4.78 is 5.27. The zero-order chi connectivity index (χ0) is 17.5. The minimum absolute atomic E-state index is 0.0107. The Bertz CT molecular complexity index is 983. The zero-order valence-corrected chi connectivity index (χ0v) is 13.6.